The summed E-state index contributed by atoms with van der Waals surface area (Å²) >= 11 is 3.27. The Balaban J connectivity index is 0.000000248. The van der Waals surface area contributed by atoms with Gasteiger partial charge < -0.3 is 20.0 Å². The molecule has 1 atom stereocenters. The summed E-state index contributed by atoms with van der Waals surface area (Å²) in [6, 6.07) is 4.32. The number of aromatic nitrogens is 2. The van der Waals surface area contributed by atoms with Crippen molar-refractivity contribution in [3.8, 4) is 0 Å². The highest BCUT2D eigenvalue weighted by molar-refractivity contribution is 8.02. The zero-order valence-corrected chi connectivity index (χ0v) is 26.5. The van der Waals surface area contributed by atoms with Crippen LogP contribution in [0.4, 0.5) is 5.82 Å². The van der Waals surface area contributed by atoms with Crippen molar-refractivity contribution in [2.45, 2.75) is 65.8 Å². The van der Waals surface area contributed by atoms with Gasteiger partial charge in [-0.3, -0.25) is 9.79 Å². The van der Waals surface area contributed by atoms with Gasteiger partial charge in [-0.1, -0.05) is 18.1 Å². The van der Waals surface area contributed by atoms with Crippen LogP contribution < -0.4 is 5.32 Å². The van der Waals surface area contributed by atoms with Gasteiger partial charge in [0.25, 0.3) is 0 Å². The lowest BCUT2D eigenvalue weighted by Crippen LogP contribution is -2.41. The topological polar surface area (TPSA) is 95.3 Å². The second-order valence-electron chi connectivity index (χ2n) is 9.73. The first-order valence-electron chi connectivity index (χ1n) is 13.7. The number of anilines is 1. The van der Waals surface area contributed by atoms with Crippen molar-refractivity contribution < 1.29 is 9.63 Å². The summed E-state index contributed by atoms with van der Waals surface area (Å²) in [6.07, 6.45) is 8.27. The maximum Gasteiger partial charge on any atom is 0.209 e. The zero-order valence-electron chi connectivity index (χ0n) is 24.9. The lowest BCUT2D eigenvalue weighted by atomic mass is 9.99. The maximum absolute atomic E-state index is 10.6. The van der Waals surface area contributed by atoms with Crippen LogP contribution in [0.5, 0.6) is 0 Å². The largest absolute Gasteiger partial charge is 0.399 e. The van der Waals surface area contributed by atoms with E-state index in [0.717, 1.165) is 76.5 Å². The van der Waals surface area contributed by atoms with Gasteiger partial charge in [0.05, 0.1) is 32.9 Å². The Hall–Kier alpha value is -2.76. The molecule has 2 aromatic rings. The minimum atomic E-state index is 0.306. The van der Waals surface area contributed by atoms with Crippen LogP contribution in [0, 0.1) is 20.8 Å². The first kappa shape index (κ1) is 33.4. The first-order chi connectivity index (χ1) is 19.3. The van der Waals surface area contributed by atoms with Crippen molar-refractivity contribution in [2.24, 2.45) is 10.1 Å². The van der Waals surface area contributed by atoms with Crippen LogP contribution in [-0.4, -0.2) is 84.3 Å². The molecule has 4 heterocycles. The highest BCUT2D eigenvalue weighted by Gasteiger charge is 2.23. The fourth-order valence-corrected chi connectivity index (χ4v) is 5.92. The number of aliphatic imine (C=N–C) groups is 1. The monoisotopic (exact) mass is 587 g/mol. The highest BCUT2D eigenvalue weighted by Crippen LogP contribution is 2.28. The molecule has 0 aromatic carbocycles. The SMILES string of the molecule is C=N/C(=C\SCNc1ccc(C)cn1)c1sc(C)nc1C.CC[C@H]1C/C(=N/OC)CCN1C=O.CN1CCCC1. The predicted octanol–water partition coefficient (Wildman–Crippen LogP) is 6.00. The van der Waals surface area contributed by atoms with Gasteiger partial charge in [0.15, 0.2) is 0 Å². The Bertz CT molecular complexity index is 1100. The summed E-state index contributed by atoms with van der Waals surface area (Å²) < 4.78 is 0. The van der Waals surface area contributed by atoms with Crippen molar-refractivity contribution in [1.29, 1.82) is 0 Å². The number of hydrogen-bond acceptors (Lipinski definition) is 10. The van der Waals surface area contributed by atoms with E-state index in [4.69, 9.17) is 4.84 Å². The van der Waals surface area contributed by atoms with Crippen LogP contribution >= 0.6 is 23.1 Å². The molecule has 40 heavy (non-hydrogen) atoms. The lowest BCUT2D eigenvalue weighted by Gasteiger charge is -2.32. The molecule has 2 aliphatic rings. The number of thioether (sulfide) groups is 1. The minimum Gasteiger partial charge on any atom is -0.399 e. The fourth-order valence-electron chi connectivity index (χ4n) is 4.28. The van der Waals surface area contributed by atoms with Crippen LogP contribution in [-0.2, 0) is 9.63 Å². The Kier molecular flexibility index (Phi) is 15.5. The van der Waals surface area contributed by atoms with E-state index >= 15 is 0 Å². The zero-order chi connectivity index (χ0) is 29.3. The predicted molar refractivity (Wildman–Crippen MR) is 171 cm³/mol. The van der Waals surface area contributed by atoms with Crippen molar-refractivity contribution >= 4 is 53.5 Å². The second-order valence-corrected chi connectivity index (χ2v) is 11.8. The first-order valence-corrected chi connectivity index (χ1v) is 15.6. The van der Waals surface area contributed by atoms with Crippen LogP contribution in [0.15, 0.2) is 33.9 Å². The number of pyridine rings is 1. The van der Waals surface area contributed by atoms with Gasteiger partial charge in [-0.2, -0.15) is 0 Å². The van der Waals surface area contributed by atoms with Crippen molar-refractivity contribution in [3.05, 3.63) is 44.9 Å². The third-order valence-corrected chi connectivity index (χ3v) is 8.30. The summed E-state index contributed by atoms with van der Waals surface area (Å²) in [4.78, 5) is 33.5. The highest BCUT2D eigenvalue weighted by atomic mass is 32.2. The molecule has 2 fully saturated rings. The van der Waals surface area contributed by atoms with E-state index < -0.39 is 0 Å². The van der Waals surface area contributed by atoms with E-state index in [9.17, 15) is 4.79 Å². The minimum absolute atomic E-state index is 0.306. The molecular weight excluding hydrogens is 543 g/mol. The molecule has 4 rings (SSSR count). The van der Waals surface area contributed by atoms with E-state index in [1.165, 1.54) is 25.9 Å². The van der Waals surface area contributed by atoms with Crippen molar-refractivity contribution in [3.63, 3.8) is 0 Å². The average molecular weight is 588 g/mol. The summed E-state index contributed by atoms with van der Waals surface area (Å²) in [5.74, 6) is 1.60. The molecule has 1 N–H and O–H groups in total. The molecule has 0 spiro atoms. The van der Waals surface area contributed by atoms with E-state index in [0.29, 0.717) is 6.04 Å². The van der Waals surface area contributed by atoms with Gasteiger partial charge in [-0.05, 0) is 83.9 Å². The van der Waals surface area contributed by atoms with Crippen LogP contribution in [0.1, 0.15) is 60.2 Å². The Labute approximate surface area is 248 Å². The van der Waals surface area contributed by atoms with Gasteiger partial charge in [0.2, 0.25) is 6.41 Å². The quantitative estimate of drug-likeness (QED) is 0.126. The molecule has 2 aromatic heterocycles. The molecule has 220 valence electrons. The van der Waals surface area contributed by atoms with Crippen LogP contribution in [0.2, 0.25) is 0 Å². The molecule has 0 bridgehead atoms. The average Bonchev–Trinajstić information content (AvgIpc) is 3.57. The van der Waals surface area contributed by atoms with E-state index in [-0.39, 0.29) is 0 Å². The second kappa shape index (κ2) is 18.6. The Morgan fingerprint density at radius 3 is 2.52 bits per heavy atom. The normalized spacial score (nSPS) is 18.4. The molecule has 0 radical (unpaired) electrons. The van der Waals surface area contributed by atoms with E-state index in [1.54, 1.807) is 30.2 Å². The summed E-state index contributed by atoms with van der Waals surface area (Å²) in [6.45, 7) is 15.2. The number of likely N-dealkylation sites (tertiary alicyclic amines) is 2. The van der Waals surface area contributed by atoms with E-state index in [1.807, 2.05) is 49.4 Å². The maximum atomic E-state index is 10.6. The third kappa shape index (κ3) is 11.8. The lowest BCUT2D eigenvalue weighted by molar-refractivity contribution is -0.120. The molecule has 2 saturated heterocycles. The number of oxime groups is 1. The number of nitrogens with one attached hydrogen (secondary N) is 1. The van der Waals surface area contributed by atoms with Crippen molar-refractivity contribution in [1.82, 2.24) is 19.8 Å². The number of carbonyl (C=O) groups is 1. The summed E-state index contributed by atoms with van der Waals surface area (Å²) in [5.41, 5.74) is 4.10. The van der Waals surface area contributed by atoms with Gasteiger partial charge in [0.1, 0.15) is 12.9 Å². The standard InChI is InChI=1S/C15H18N4S2.C9H16N2O2.C5H11N/c1-10-5-6-14(17-7-10)18-9-20-8-13(16-4)15-11(2)19-12(3)21-15;1-3-9-6-8(10-13-2)4-5-11(9)7-12;1-6-4-2-3-5-6/h5-8H,4,9H2,1-3H3,(H,17,18);7,9H,3-6H2,1-2H3;2-5H2,1H3/b13-8-;10-8+;/t;9-;/m.0./s1. The molecule has 11 heteroatoms. The van der Waals surface area contributed by atoms with Gasteiger partial charge >= 0.3 is 0 Å². The number of hydrogen-bond donors (Lipinski definition) is 1. The molecule has 0 aliphatic carbocycles. The molecule has 2 aliphatic heterocycles. The number of nitrogens with zero attached hydrogens (tertiary/aromatic N) is 6. The molecule has 0 unspecified atom stereocenters. The van der Waals surface area contributed by atoms with Gasteiger partial charge in [-0.15, -0.1) is 23.1 Å². The van der Waals surface area contributed by atoms with Crippen LogP contribution in [0.25, 0.3) is 5.70 Å². The number of piperidine rings is 1. The van der Waals surface area contributed by atoms with Crippen LogP contribution in [0.3, 0.4) is 0 Å². The fraction of sp³-hybridized carbons (Fsp3) is 0.552. The molecule has 1 amide bonds. The number of thiazole rings is 1. The number of rotatable bonds is 9. The summed E-state index contributed by atoms with van der Waals surface area (Å²) in [5, 5.41) is 10.2. The van der Waals surface area contributed by atoms with E-state index in [2.05, 4.69) is 51.0 Å². The van der Waals surface area contributed by atoms with Crippen molar-refractivity contribution in [2.75, 3.05) is 45.0 Å². The Morgan fingerprint density at radius 2 is 2.02 bits per heavy atom. The molecular formula is C29H45N7O2S2. The summed E-state index contributed by atoms with van der Waals surface area (Å²) in [7, 11) is 3.73. The Morgan fingerprint density at radius 1 is 1.27 bits per heavy atom. The number of carbonyl (C=O) groups excluding carboxylic acids is 1. The van der Waals surface area contributed by atoms with Gasteiger partial charge in [0, 0.05) is 31.6 Å². The molecule has 9 nitrogen and oxygen atoms in total. The van der Waals surface area contributed by atoms with Gasteiger partial charge in [-0.25, -0.2) is 9.97 Å². The molecule has 0 saturated carbocycles. The number of amides is 1. The smallest absolute Gasteiger partial charge is 0.209 e. The third-order valence-electron chi connectivity index (χ3n) is 6.51. The number of aryl methyl sites for hydroxylation is 3.